The Morgan fingerprint density at radius 1 is 1.14 bits per heavy atom. The fraction of sp³-hybridized carbons (Fsp3) is 0.107. The maximum absolute atomic E-state index is 13.2. The van der Waals surface area contributed by atoms with Crippen molar-refractivity contribution in [2.75, 3.05) is 17.3 Å². The third-order valence-corrected chi connectivity index (χ3v) is 5.91. The van der Waals surface area contributed by atoms with Crippen LogP contribution in [0.2, 0.25) is 0 Å². The first kappa shape index (κ1) is 24.1. The number of aromatic nitrogens is 2. The standard InChI is InChI=1S/C28H23ClN6O2/c1-19-6-11-27(31-17-19)34(18-20-7-9-22(37-2)10-8-20)25-16-26(29)33-35-23(25)4-3-5-24(35)28(36)32-21-12-14-30-15-13-21/h3,5-17H,18H2,1-2H3,(H,30,32,36). The number of carbonyl (C=O) groups is 1. The van der Waals surface area contributed by atoms with E-state index < -0.39 is 0 Å². The van der Waals surface area contributed by atoms with Crippen molar-refractivity contribution in [2.24, 2.45) is 5.10 Å². The molecule has 0 saturated carbocycles. The monoisotopic (exact) mass is 510 g/mol. The van der Waals surface area contributed by atoms with Crippen LogP contribution in [0, 0.1) is 6.92 Å². The summed E-state index contributed by atoms with van der Waals surface area (Å²) >= 11 is 6.51. The smallest absolute Gasteiger partial charge is 0.274 e. The minimum absolute atomic E-state index is 0.219. The van der Waals surface area contributed by atoms with Crippen molar-refractivity contribution in [2.45, 2.75) is 13.5 Å². The van der Waals surface area contributed by atoms with Gasteiger partial charge in [-0.2, -0.15) is 5.10 Å². The number of hydrazone groups is 1. The molecule has 8 nitrogen and oxygen atoms in total. The van der Waals surface area contributed by atoms with Crippen LogP contribution in [-0.4, -0.2) is 33.2 Å². The number of aryl methyl sites for hydroxylation is 1. The Balaban J connectivity index is 1.50. The Morgan fingerprint density at radius 2 is 1.92 bits per heavy atom. The Kier molecular flexibility index (Phi) is 6.85. The summed E-state index contributed by atoms with van der Waals surface area (Å²) in [7, 11) is 1.64. The van der Waals surface area contributed by atoms with Crippen molar-refractivity contribution in [1.82, 2.24) is 15.0 Å². The summed E-state index contributed by atoms with van der Waals surface area (Å²) in [6.45, 7) is 2.47. The summed E-state index contributed by atoms with van der Waals surface area (Å²) in [5.41, 5.74) is 7.50. The Hall–Kier alpha value is -4.65. The van der Waals surface area contributed by atoms with Crippen LogP contribution in [0.4, 0.5) is 11.5 Å². The number of amides is 1. The van der Waals surface area contributed by atoms with Gasteiger partial charge in [-0.05, 0) is 60.5 Å². The summed E-state index contributed by atoms with van der Waals surface area (Å²) in [6, 6.07) is 15.2. The molecule has 9 heteroatoms. The number of pyridine rings is 2. The highest BCUT2D eigenvalue weighted by molar-refractivity contribution is 6.68. The number of ether oxygens (including phenoxy) is 1. The predicted octanol–water partition coefficient (Wildman–Crippen LogP) is 5.13. The molecule has 0 unspecified atom stereocenters. The number of methoxy groups -OCH3 is 1. The zero-order valence-electron chi connectivity index (χ0n) is 20.2. The van der Waals surface area contributed by atoms with Gasteiger partial charge in [0.25, 0.3) is 5.91 Å². The molecular weight excluding hydrogens is 488 g/mol. The number of hydrogen-bond acceptors (Lipinski definition) is 7. The summed E-state index contributed by atoms with van der Waals surface area (Å²) in [5.74, 6) is 1.15. The van der Waals surface area contributed by atoms with Gasteiger partial charge in [-0.25, -0.2) is 9.99 Å². The lowest BCUT2D eigenvalue weighted by atomic mass is 10.1. The fourth-order valence-electron chi connectivity index (χ4n) is 3.87. The lowest BCUT2D eigenvalue weighted by Gasteiger charge is -2.34. The average molecular weight is 511 g/mol. The number of nitrogens with zero attached hydrogens (tertiary/aromatic N) is 5. The number of allylic oxidation sites excluding steroid dienone is 2. The lowest BCUT2D eigenvalue weighted by Crippen LogP contribution is -2.35. The van der Waals surface area contributed by atoms with Gasteiger partial charge in [0, 0.05) is 36.9 Å². The van der Waals surface area contributed by atoms with Gasteiger partial charge in [0.15, 0.2) is 5.17 Å². The van der Waals surface area contributed by atoms with Crippen LogP contribution in [0.1, 0.15) is 11.1 Å². The first-order valence-electron chi connectivity index (χ1n) is 11.5. The van der Waals surface area contributed by atoms with Crippen molar-refractivity contribution >= 4 is 34.2 Å². The van der Waals surface area contributed by atoms with Crippen LogP contribution in [0.3, 0.4) is 0 Å². The molecule has 2 aromatic heterocycles. The van der Waals surface area contributed by atoms with Gasteiger partial charge in [0.1, 0.15) is 23.0 Å². The van der Waals surface area contributed by atoms with Crippen LogP contribution in [0.25, 0.3) is 0 Å². The van der Waals surface area contributed by atoms with E-state index in [4.69, 9.17) is 16.3 Å². The van der Waals surface area contributed by atoms with E-state index in [9.17, 15) is 4.79 Å². The zero-order chi connectivity index (χ0) is 25.8. The molecule has 1 amide bonds. The number of nitrogens with one attached hydrogen (secondary N) is 1. The molecule has 0 radical (unpaired) electrons. The molecule has 1 N–H and O–H groups in total. The Labute approximate surface area is 219 Å². The highest BCUT2D eigenvalue weighted by Gasteiger charge is 2.31. The van der Waals surface area contributed by atoms with Crippen LogP contribution < -0.4 is 15.0 Å². The van der Waals surface area contributed by atoms with E-state index in [1.165, 1.54) is 5.01 Å². The second kappa shape index (κ2) is 10.5. The topological polar surface area (TPSA) is 83.0 Å². The molecule has 0 fully saturated rings. The number of benzene rings is 1. The van der Waals surface area contributed by atoms with Crippen LogP contribution in [-0.2, 0) is 11.3 Å². The molecule has 0 saturated heterocycles. The van der Waals surface area contributed by atoms with Crippen LogP contribution in [0.5, 0.6) is 5.75 Å². The number of carbonyl (C=O) groups excluding carboxylic acids is 1. The van der Waals surface area contributed by atoms with Crippen molar-refractivity contribution in [3.05, 3.63) is 119 Å². The van der Waals surface area contributed by atoms with Crippen molar-refractivity contribution < 1.29 is 9.53 Å². The molecule has 0 atom stereocenters. The molecule has 4 heterocycles. The fourth-order valence-corrected chi connectivity index (χ4v) is 4.05. The van der Waals surface area contributed by atoms with Gasteiger partial charge in [-0.3, -0.25) is 9.78 Å². The molecule has 5 rings (SSSR count). The molecular formula is C28H23ClN6O2. The zero-order valence-corrected chi connectivity index (χ0v) is 21.0. The molecule has 0 aliphatic carbocycles. The van der Waals surface area contributed by atoms with Crippen LogP contribution >= 0.6 is 11.6 Å². The van der Waals surface area contributed by atoms with E-state index in [1.54, 1.807) is 49.9 Å². The minimum atomic E-state index is -0.342. The van der Waals surface area contributed by atoms with Gasteiger partial charge >= 0.3 is 0 Å². The van der Waals surface area contributed by atoms with Gasteiger partial charge < -0.3 is 15.0 Å². The Morgan fingerprint density at radius 3 is 2.62 bits per heavy atom. The predicted molar refractivity (Wildman–Crippen MR) is 144 cm³/mol. The molecule has 2 aliphatic rings. The SMILES string of the molecule is COc1ccc(CN(C2=CC(Cl)=NN3C2=C=CC=C3C(=O)Nc2ccncc2)c2ccc(C)cn2)cc1. The highest BCUT2D eigenvalue weighted by Crippen LogP contribution is 2.34. The lowest BCUT2D eigenvalue weighted by molar-refractivity contribution is -0.114. The van der Waals surface area contributed by atoms with Crippen LogP contribution in [0.15, 0.2) is 113 Å². The van der Waals surface area contributed by atoms with Gasteiger partial charge in [-0.1, -0.05) is 35.5 Å². The maximum atomic E-state index is 13.2. The third-order valence-electron chi connectivity index (χ3n) is 5.73. The molecule has 2 aliphatic heterocycles. The number of anilines is 2. The van der Waals surface area contributed by atoms with Crippen molar-refractivity contribution in [3.63, 3.8) is 0 Å². The normalized spacial score (nSPS) is 14.1. The molecule has 37 heavy (non-hydrogen) atoms. The largest absolute Gasteiger partial charge is 0.497 e. The maximum Gasteiger partial charge on any atom is 0.274 e. The summed E-state index contributed by atoms with van der Waals surface area (Å²) < 4.78 is 5.31. The minimum Gasteiger partial charge on any atom is -0.497 e. The molecule has 0 spiro atoms. The molecule has 0 bridgehead atoms. The molecule has 184 valence electrons. The van der Waals surface area contributed by atoms with Crippen molar-refractivity contribution in [1.29, 1.82) is 0 Å². The van der Waals surface area contributed by atoms with Gasteiger partial charge in [0.05, 0.1) is 12.8 Å². The van der Waals surface area contributed by atoms with E-state index in [2.05, 4.69) is 26.1 Å². The number of hydrogen-bond donors (Lipinski definition) is 1. The molecule has 1 aromatic carbocycles. The van der Waals surface area contributed by atoms with E-state index in [0.717, 1.165) is 16.9 Å². The summed E-state index contributed by atoms with van der Waals surface area (Å²) in [4.78, 5) is 23.9. The first-order valence-corrected chi connectivity index (χ1v) is 11.9. The van der Waals surface area contributed by atoms with E-state index in [0.29, 0.717) is 35.1 Å². The second-order valence-corrected chi connectivity index (χ2v) is 8.68. The summed E-state index contributed by atoms with van der Waals surface area (Å²) in [6.07, 6.45) is 10.1. The average Bonchev–Trinajstić information content (AvgIpc) is 2.92. The van der Waals surface area contributed by atoms with Gasteiger partial charge in [0.2, 0.25) is 0 Å². The van der Waals surface area contributed by atoms with E-state index in [-0.39, 0.29) is 11.1 Å². The quantitative estimate of drug-likeness (QED) is 0.444. The third kappa shape index (κ3) is 5.30. The summed E-state index contributed by atoms with van der Waals surface area (Å²) in [5, 5.41) is 9.03. The van der Waals surface area contributed by atoms with Gasteiger partial charge in [-0.15, -0.1) is 0 Å². The molecule has 3 aromatic rings. The van der Waals surface area contributed by atoms with Crippen molar-refractivity contribution in [3.8, 4) is 5.75 Å². The number of halogens is 1. The Bertz CT molecular complexity index is 1470. The number of rotatable bonds is 7. The van der Waals surface area contributed by atoms with E-state index >= 15 is 0 Å². The highest BCUT2D eigenvalue weighted by atomic mass is 35.5. The second-order valence-electron chi connectivity index (χ2n) is 8.29. The van der Waals surface area contributed by atoms with E-state index in [1.807, 2.05) is 54.4 Å². The number of fused-ring (bicyclic) bond motifs is 1. The first-order chi connectivity index (χ1) is 18.0.